The van der Waals surface area contributed by atoms with Crippen molar-refractivity contribution >= 4 is 21.2 Å². The highest BCUT2D eigenvalue weighted by atomic mass is 32.2. The first-order valence-electron chi connectivity index (χ1n) is 6.34. The van der Waals surface area contributed by atoms with Crippen LogP contribution >= 0.6 is 11.3 Å². The summed E-state index contributed by atoms with van der Waals surface area (Å²) in [6, 6.07) is 0.120. The first-order valence-corrected chi connectivity index (χ1v) is 9.04. The summed E-state index contributed by atoms with van der Waals surface area (Å²) in [6.07, 6.45) is 3.38. The van der Waals surface area contributed by atoms with Crippen LogP contribution in [0.4, 0.5) is 0 Å². The minimum atomic E-state index is -2.81. The van der Waals surface area contributed by atoms with E-state index in [1.165, 1.54) is 0 Å². The van der Waals surface area contributed by atoms with Crippen molar-refractivity contribution in [1.29, 1.82) is 0 Å². The third-order valence-electron chi connectivity index (χ3n) is 3.15. The molecule has 1 fully saturated rings. The van der Waals surface area contributed by atoms with Gasteiger partial charge in [-0.25, -0.2) is 13.4 Å². The minimum absolute atomic E-state index is 0.120. The average Bonchev–Trinajstić information content (AvgIpc) is 2.62. The van der Waals surface area contributed by atoms with E-state index in [2.05, 4.69) is 4.98 Å². The number of nitrogens with zero attached hydrogens (tertiary/aromatic N) is 1. The molecule has 2 unspecified atom stereocenters. The van der Waals surface area contributed by atoms with Gasteiger partial charge in [0.05, 0.1) is 22.2 Å². The number of hydrogen-bond acceptors (Lipinski definition) is 5. The Kier molecular flexibility index (Phi) is 4.40. The Bertz CT molecular complexity index is 494. The number of nitrogens with two attached hydrogens (primary N) is 1. The lowest BCUT2D eigenvalue weighted by Gasteiger charge is -2.20. The van der Waals surface area contributed by atoms with E-state index in [-0.39, 0.29) is 12.0 Å². The zero-order valence-electron chi connectivity index (χ0n) is 10.6. The van der Waals surface area contributed by atoms with Crippen molar-refractivity contribution in [1.82, 2.24) is 4.98 Å². The lowest BCUT2D eigenvalue weighted by Crippen LogP contribution is -2.26. The van der Waals surface area contributed by atoms with Crippen LogP contribution in [-0.4, -0.2) is 30.9 Å². The molecule has 0 amide bonds. The van der Waals surface area contributed by atoms with Crippen LogP contribution in [0.1, 0.15) is 30.5 Å². The molecular weight excluding hydrogens is 268 g/mol. The van der Waals surface area contributed by atoms with Crippen molar-refractivity contribution in [3.8, 4) is 0 Å². The van der Waals surface area contributed by atoms with Crippen LogP contribution in [0, 0.1) is 5.92 Å². The van der Waals surface area contributed by atoms with Crippen LogP contribution < -0.4 is 5.73 Å². The van der Waals surface area contributed by atoms with E-state index in [9.17, 15) is 8.42 Å². The molecule has 2 heterocycles. The Labute approximate surface area is 113 Å². The fraction of sp³-hybridized carbons (Fsp3) is 0.750. The molecule has 2 atom stereocenters. The maximum atomic E-state index is 11.6. The minimum Gasteiger partial charge on any atom is -0.328 e. The van der Waals surface area contributed by atoms with Gasteiger partial charge in [-0.15, -0.1) is 11.3 Å². The SMILES string of the molecule is CC(N)Cc1csc(CC2CCCS(=O)(=O)C2)n1. The van der Waals surface area contributed by atoms with Crippen molar-refractivity contribution in [2.45, 2.75) is 38.6 Å². The number of sulfone groups is 1. The zero-order chi connectivity index (χ0) is 13.2. The van der Waals surface area contributed by atoms with Crippen LogP contribution in [0.15, 0.2) is 5.38 Å². The quantitative estimate of drug-likeness (QED) is 0.909. The van der Waals surface area contributed by atoms with Gasteiger partial charge in [-0.1, -0.05) is 0 Å². The van der Waals surface area contributed by atoms with Gasteiger partial charge in [0.2, 0.25) is 0 Å². The fourth-order valence-electron chi connectivity index (χ4n) is 2.39. The van der Waals surface area contributed by atoms with E-state index < -0.39 is 9.84 Å². The molecule has 6 heteroatoms. The van der Waals surface area contributed by atoms with Crippen LogP contribution in [0.25, 0.3) is 0 Å². The van der Waals surface area contributed by atoms with Gasteiger partial charge >= 0.3 is 0 Å². The maximum absolute atomic E-state index is 11.6. The van der Waals surface area contributed by atoms with Gasteiger partial charge in [-0.05, 0) is 25.7 Å². The van der Waals surface area contributed by atoms with Crippen LogP contribution in [0.3, 0.4) is 0 Å². The highest BCUT2D eigenvalue weighted by Crippen LogP contribution is 2.24. The largest absolute Gasteiger partial charge is 0.328 e. The molecule has 0 radical (unpaired) electrons. The number of thiazole rings is 1. The molecule has 1 aromatic rings. The third kappa shape index (κ3) is 4.03. The molecule has 0 aliphatic carbocycles. The van der Waals surface area contributed by atoms with Crippen molar-refractivity contribution in [3.05, 3.63) is 16.1 Å². The van der Waals surface area contributed by atoms with Gasteiger partial charge in [-0.3, -0.25) is 0 Å². The Hall–Kier alpha value is -0.460. The van der Waals surface area contributed by atoms with Gasteiger partial charge in [0.15, 0.2) is 9.84 Å². The van der Waals surface area contributed by atoms with Crippen LogP contribution in [0.2, 0.25) is 0 Å². The standard InChI is InChI=1S/C12H20N2O2S2/c1-9(13)5-11-7-17-12(14-11)6-10-3-2-4-18(15,16)8-10/h7,9-10H,2-6,8,13H2,1H3. The number of aromatic nitrogens is 1. The molecule has 4 nitrogen and oxygen atoms in total. The second kappa shape index (κ2) is 5.67. The molecule has 1 aromatic heterocycles. The monoisotopic (exact) mass is 288 g/mol. The predicted molar refractivity (Wildman–Crippen MR) is 74.5 cm³/mol. The Morgan fingerprint density at radius 2 is 2.39 bits per heavy atom. The third-order valence-corrected chi connectivity index (χ3v) is 5.96. The van der Waals surface area contributed by atoms with Crippen LogP contribution in [0.5, 0.6) is 0 Å². The van der Waals surface area contributed by atoms with Gasteiger partial charge in [0.1, 0.15) is 0 Å². The molecule has 0 spiro atoms. The van der Waals surface area contributed by atoms with Crippen LogP contribution in [-0.2, 0) is 22.7 Å². The van der Waals surface area contributed by atoms with Crippen molar-refractivity contribution in [2.24, 2.45) is 11.7 Å². The zero-order valence-corrected chi connectivity index (χ0v) is 12.3. The summed E-state index contributed by atoms with van der Waals surface area (Å²) in [5.41, 5.74) is 6.77. The molecule has 1 aliphatic rings. The molecule has 1 aliphatic heterocycles. The molecule has 18 heavy (non-hydrogen) atoms. The summed E-state index contributed by atoms with van der Waals surface area (Å²) < 4.78 is 23.1. The van der Waals surface area contributed by atoms with E-state index in [0.717, 1.165) is 36.4 Å². The fourth-order valence-corrected chi connectivity index (χ4v) is 5.09. The van der Waals surface area contributed by atoms with E-state index in [0.29, 0.717) is 11.5 Å². The molecule has 2 rings (SSSR count). The molecule has 2 N–H and O–H groups in total. The highest BCUT2D eigenvalue weighted by Gasteiger charge is 2.25. The van der Waals surface area contributed by atoms with E-state index in [1.807, 2.05) is 12.3 Å². The Morgan fingerprint density at radius 1 is 1.61 bits per heavy atom. The summed E-state index contributed by atoms with van der Waals surface area (Å²) in [6.45, 7) is 1.97. The molecule has 1 saturated heterocycles. The lowest BCUT2D eigenvalue weighted by molar-refractivity contribution is 0.482. The molecule has 102 valence electrons. The van der Waals surface area contributed by atoms with E-state index >= 15 is 0 Å². The molecule has 0 aromatic carbocycles. The summed E-state index contributed by atoms with van der Waals surface area (Å²) in [7, 11) is -2.81. The Morgan fingerprint density at radius 3 is 3.06 bits per heavy atom. The molecular formula is C12H20N2O2S2. The summed E-state index contributed by atoms with van der Waals surface area (Å²) in [5.74, 6) is 0.935. The number of rotatable bonds is 4. The molecule has 0 saturated carbocycles. The average molecular weight is 288 g/mol. The maximum Gasteiger partial charge on any atom is 0.150 e. The second-order valence-corrected chi connectivity index (χ2v) is 8.41. The summed E-state index contributed by atoms with van der Waals surface area (Å²) in [4.78, 5) is 4.54. The number of hydrogen-bond donors (Lipinski definition) is 1. The van der Waals surface area contributed by atoms with Gasteiger partial charge in [0.25, 0.3) is 0 Å². The topological polar surface area (TPSA) is 73.1 Å². The van der Waals surface area contributed by atoms with Crippen molar-refractivity contribution in [2.75, 3.05) is 11.5 Å². The normalized spacial score (nSPS) is 24.9. The van der Waals surface area contributed by atoms with Gasteiger partial charge in [-0.2, -0.15) is 0 Å². The summed E-state index contributed by atoms with van der Waals surface area (Å²) in [5, 5.41) is 3.09. The second-order valence-electron chi connectivity index (χ2n) is 5.24. The Balaban J connectivity index is 1.95. The first kappa shape index (κ1) is 14.0. The highest BCUT2D eigenvalue weighted by molar-refractivity contribution is 7.91. The first-order chi connectivity index (χ1) is 8.44. The predicted octanol–water partition coefficient (Wildman–Crippen LogP) is 1.40. The van der Waals surface area contributed by atoms with Gasteiger partial charge in [0, 0.05) is 24.3 Å². The lowest BCUT2D eigenvalue weighted by atomic mass is 10.0. The van der Waals surface area contributed by atoms with Crippen molar-refractivity contribution < 1.29 is 8.42 Å². The van der Waals surface area contributed by atoms with Gasteiger partial charge < -0.3 is 5.73 Å². The smallest absolute Gasteiger partial charge is 0.150 e. The molecule has 0 bridgehead atoms. The van der Waals surface area contributed by atoms with E-state index in [4.69, 9.17) is 5.73 Å². The van der Waals surface area contributed by atoms with Crippen molar-refractivity contribution in [3.63, 3.8) is 0 Å². The van der Waals surface area contributed by atoms with E-state index in [1.54, 1.807) is 11.3 Å². The summed E-state index contributed by atoms with van der Waals surface area (Å²) >= 11 is 1.62.